The summed E-state index contributed by atoms with van der Waals surface area (Å²) in [5.41, 5.74) is 2.48. The van der Waals surface area contributed by atoms with E-state index in [1.165, 1.54) is 13.4 Å². The van der Waals surface area contributed by atoms with Crippen LogP contribution >= 0.6 is 0 Å². The van der Waals surface area contributed by atoms with Crippen molar-refractivity contribution in [2.24, 2.45) is 0 Å². The van der Waals surface area contributed by atoms with Gasteiger partial charge in [-0.25, -0.2) is 9.50 Å². The van der Waals surface area contributed by atoms with Crippen molar-refractivity contribution in [1.82, 2.24) is 19.6 Å². The van der Waals surface area contributed by atoms with E-state index in [0.717, 1.165) is 17.0 Å². The zero-order valence-electron chi connectivity index (χ0n) is 9.39. The number of carbonyl (C=O) groups excluding carboxylic acids is 1. The van der Waals surface area contributed by atoms with Gasteiger partial charge in [-0.15, -0.1) is 0 Å². The smallest absolute Gasteiger partial charge is 0.310 e. The molecule has 0 N–H and O–H groups in total. The monoisotopic (exact) mass is 220 g/mol. The Morgan fingerprint density at radius 2 is 2.25 bits per heavy atom. The van der Waals surface area contributed by atoms with Gasteiger partial charge in [0.25, 0.3) is 5.78 Å². The zero-order valence-corrected chi connectivity index (χ0v) is 9.39. The van der Waals surface area contributed by atoms with Crippen molar-refractivity contribution in [1.29, 1.82) is 0 Å². The molecule has 0 aromatic carbocycles. The third-order valence-corrected chi connectivity index (χ3v) is 2.54. The number of aromatic nitrogens is 4. The van der Waals surface area contributed by atoms with Gasteiger partial charge in [0.1, 0.15) is 6.33 Å². The van der Waals surface area contributed by atoms with Gasteiger partial charge in [0.15, 0.2) is 0 Å². The molecule has 0 aliphatic carbocycles. The molecule has 2 aromatic rings. The quantitative estimate of drug-likeness (QED) is 0.687. The molecule has 0 aliphatic rings. The SMILES string of the molecule is COC(=O)Cc1c(C)nc2ncnn2c1C. The van der Waals surface area contributed by atoms with E-state index in [4.69, 9.17) is 0 Å². The van der Waals surface area contributed by atoms with Crippen LogP contribution in [-0.4, -0.2) is 32.7 Å². The number of rotatable bonds is 2. The molecular weight excluding hydrogens is 208 g/mol. The molecule has 2 aromatic heterocycles. The van der Waals surface area contributed by atoms with Crippen LogP contribution in [0.3, 0.4) is 0 Å². The van der Waals surface area contributed by atoms with Crippen LogP contribution in [0.1, 0.15) is 17.0 Å². The maximum Gasteiger partial charge on any atom is 0.310 e. The van der Waals surface area contributed by atoms with Crippen LogP contribution in [0.25, 0.3) is 5.78 Å². The summed E-state index contributed by atoms with van der Waals surface area (Å²) in [6, 6.07) is 0. The van der Waals surface area contributed by atoms with Crippen LogP contribution in [0, 0.1) is 13.8 Å². The molecule has 6 nitrogen and oxygen atoms in total. The lowest BCUT2D eigenvalue weighted by Gasteiger charge is -2.08. The molecule has 0 aliphatic heterocycles. The average molecular weight is 220 g/mol. The molecule has 0 spiro atoms. The molecule has 2 heterocycles. The van der Waals surface area contributed by atoms with E-state index in [0.29, 0.717) is 5.78 Å². The van der Waals surface area contributed by atoms with Crippen LogP contribution in [0.15, 0.2) is 6.33 Å². The number of ether oxygens (including phenoxy) is 1. The topological polar surface area (TPSA) is 69.4 Å². The molecule has 84 valence electrons. The van der Waals surface area contributed by atoms with Crippen LogP contribution in [-0.2, 0) is 16.0 Å². The van der Waals surface area contributed by atoms with Crippen molar-refractivity contribution < 1.29 is 9.53 Å². The molecule has 0 saturated heterocycles. The molecule has 0 fully saturated rings. The van der Waals surface area contributed by atoms with Crippen molar-refractivity contribution in [2.75, 3.05) is 7.11 Å². The van der Waals surface area contributed by atoms with Gasteiger partial charge in [-0.05, 0) is 13.8 Å². The Bertz CT molecular complexity index is 547. The number of carbonyl (C=O) groups is 1. The number of nitrogens with zero attached hydrogens (tertiary/aromatic N) is 4. The van der Waals surface area contributed by atoms with Gasteiger partial charge >= 0.3 is 5.97 Å². The second-order valence-electron chi connectivity index (χ2n) is 3.49. The van der Waals surface area contributed by atoms with Gasteiger partial charge in [0, 0.05) is 17.0 Å². The van der Waals surface area contributed by atoms with E-state index < -0.39 is 0 Å². The minimum atomic E-state index is -0.285. The predicted molar refractivity (Wildman–Crippen MR) is 56.0 cm³/mol. The highest BCUT2D eigenvalue weighted by Gasteiger charge is 2.14. The summed E-state index contributed by atoms with van der Waals surface area (Å²) in [6.07, 6.45) is 1.65. The highest BCUT2D eigenvalue weighted by Crippen LogP contribution is 2.13. The Hall–Kier alpha value is -1.98. The summed E-state index contributed by atoms with van der Waals surface area (Å²) in [7, 11) is 1.37. The third-order valence-electron chi connectivity index (χ3n) is 2.54. The van der Waals surface area contributed by atoms with Crippen LogP contribution in [0.4, 0.5) is 0 Å². The number of methoxy groups -OCH3 is 1. The van der Waals surface area contributed by atoms with Crippen molar-refractivity contribution >= 4 is 11.7 Å². The molecule has 2 rings (SSSR count). The maximum atomic E-state index is 11.3. The first-order chi connectivity index (χ1) is 7.63. The zero-order chi connectivity index (χ0) is 11.7. The fourth-order valence-corrected chi connectivity index (χ4v) is 1.63. The molecule has 16 heavy (non-hydrogen) atoms. The van der Waals surface area contributed by atoms with Crippen LogP contribution < -0.4 is 0 Å². The lowest BCUT2D eigenvalue weighted by Crippen LogP contribution is -2.12. The minimum Gasteiger partial charge on any atom is -0.469 e. The molecular formula is C10H12N4O2. The number of hydrogen-bond donors (Lipinski definition) is 0. The number of fused-ring (bicyclic) bond motifs is 1. The van der Waals surface area contributed by atoms with Crippen molar-refractivity contribution in [3.05, 3.63) is 23.3 Å². The second kappa shape index (κ2) is 3.88. The summed E-state index contributed by atoms with van der Waals surface area (Å²) < 4.78 is 6.26. The summed E-state index contributed by atoms with van der Waals surface area (Å²) >= 11 is 0. The normalized spacial score (nSPS) is 10.7. The molecule has 0 bridgehead atoms. The van der Waals surface area contributed by atoms with Crippen molar-refractivity contribution in [2.45, 2.75) is 20.3 Å². The van der Waals surface area contributed by atoms with E-state index in [9.17, 15) is 4.79 Å². The Labute approximate surface area is 92.3 Å². The van der Waals surface area contributed by atoms with Crippen LogP contribution in [0.2, 0.25) is 0 Å². The van der Waals surface area contributed by atoms with E-state index in [2.05, 4.69) is 19.8 Å². The van der Waals surface area contributed by atoms with Crippen molar-refractivity contribution in [3.8, 4) is 0 Å². The van der Waals surface area contributed by atoms with E-state index in [1.54, 1.807) is 4.52 Å². The molecule has 0 radical (unpaired) electrons. The summed E-state index contributed by atoms with van der Waals surface area (Å²) in [6.45, 7) is 3.73. The van der Waals surface area contributed by atoms with Gasteiger partial charge in [0.05, 0.1) is 13.5 Å². The summed E-state index contributed by atoms with van der Waals surface area (Å²) in [5.74, 6) is 0.260. The van der Waals surface area contributed by atoms with Gasteiger partial charge < -0.3 is 4.74 Å². The third kappa shape index (κ3) is 1.62. The molecule has 0 amide bonds. The maximum absolute atomic E-state index is 11.3. The minimum absolute atomic E-state index is 0.205. The fourth-order valence-electron chi connectivity index (χ4n) is 1.63. The second-order valence-corrected chi connectivity index (χ2v) is 3.49. The Kier molecular flexibility index (Phi) is 2.55. The largest absolute Gasteiger partial charge is 0.469 e. The first-order valence-electron chi connectivity index (χ1n) is 4.86. The fraction of sp³-hybridized carbons (Fsp3) is 0.400. The predicted octanol–water partition coefficient (Wildman–Crippen LogP) is 0.457. The Balaban J connectivity index is 2.55. The van der Waals surface area contributed by atoms with Gasteiger partial charge in [-0.1, -0.05) is 0 Å². The van der Waals surface area contributed by atoms with E-state index in [-0.39, 0.29) is 12.4 Å². The first-order valence-corrected chi connectivity index (χ1v) is 4.86. The van der Waals surface area contributed by atoms with Crippen molar-refractivity contribution in [3.63, 3.8) is 0 Å². The number of esters is 1. The molecule has 0 unspecified atom stereocenters. The van der Waals surface area contributed by atoms with E-state index >= 15 is 0 Å². The van der Waals surface area contributed by atoms with Crippen LogP contribution in [0.5, 0.6) is 0 Å². The molecule has 0 saturated carbocycles. The van der Waals surface area contributed by atoms with Gasteiger partial charge in [0.2, 0.25) is 0 Å². The summed E-state index contributed by atoms with van der Waals surface area (Å²) in [5, 5.41) is 4.04. The number of hydrogen-bond acceptors (Lipinski definition) is 5. The lowest BCUT2D eigenvalue weighted by molar-refractivity contribution is -0.139. The highest BCUT2D eigenvalue weighted by molar-refractivity contribution is 5.73. The lowest BCUT2D eigenvalue weighted by atomic mass is 10.1. The van der Waals surface area contributed by atoms with Gasteiger partial charge in [-0.3, -0.25) is 4.79 Å². The Morgan fingerprint density at radius 3 is 2.94 bits per heavy atom. The Morgan fingerprint density at radius 1 is 1.50 bits per heavy atom. The summed E-state index contributed by atoms with van der Waals surface area (Å²) in [4.78, 5) is 19.5. The standard InChI is InChI=1S/C10H12N4O2/c1-6-8(4-9(15)16-3)7(2)14-10(13-6)11-5-12-14/h5H,4H2,1-3H3. The number of aryl methyl sites for hydroxylation is 2. The molecule has 0 atom stereocenters. The average Bonchev–Trinajstić information content (AvgIpc) is 2.71. The first kappa shape index (κ1) is 10.5. The van der Waals surface area contributed by atoms with Gasteiger partial charge in [-0.2, -0.15) is 10.1 Å². The highest BCUT2D eigenvalue weighted by atomic mass is 16.5. The van der Waals surface area contributed by atoms with E-state index in [1.807, 2.05) is 13.8 Å². The molecule has 6 heteroatoms.